The summed E-state index contributed by atoms with van der Waals surface area (Å²) in [4.78, 5) is 0. The van der Waals surface area contributed by atoms with E-state index in [1.807, 2.05) is 0 Å². The van der Waals surface area contributed by atoms with E-state index in [0.717, 1.165) is 0 Å². The molecule has 0 aliphatic carbocycles. The van der Waals surface area contributed by atoms with Crippen LogP contribution in [0.2, 0.25) is 0 Å². The molecule has 0 fully saturated rings. The first-order valence-corrected chi connectivity index (χ1v) is 3.66. The molecule has 0 aliphatic heterocycles. The van der Waals surface area contributed by atoms with Crippen molar-refractivity contribution in [3.8, 4) is 0 Å². The van der Waals surface area contributed by atoms with Crippen LogP contribution in [-0.4, -0.2) is 30.8 Å². The minimum absolute atomic E-state index is 0. The maximum absolute atomic E-state index is 4.54. The number of nitrogens with zero attached hydrogens (tertiary/aromatic N) is 4. The second kappa shape index (κ2) is 10.2. The Morgan fingerprint density at radius 2 is 1.21 bits per heavy atom. The molecule has 6 nitrogen and oxygen atoms in total. The summed E-state index contributed by atoms with van der Waals surface area (Å²) in [7, 11) is 0. The van der Waals surface area contributed by atoms with E-state index in [-0.39, 0.29) is 59.1 Å². The van der Waals surface area contributed by atoms with Crippen molar-refractivity contribution in [3.63, 3.8) is 0 Å². The Morgan fingerprint density at radius 1 is 0.857 bits per heavy atom. The third kappa shape index (κ3) is 8.06. The summed E-state index contributed by atoms with van der Waals surface area (Å²) in [5.74, 6) is 0. The molecule has 0 aromatic carbocycles. The fourth-order valence-electron chi connectivity index (χ4n) is 0.382. The largest absolute Gasteiger partial charge is 1.00 e. The molecule has 0 saturated heterocycles. The van der Waals surface area contributed by atoms with Crippen LogP contribution in [0.4, 0.5) is 0 Å². The van der Waals surface area contributed by atoms with Crippen LogP contribution in [0.5, 0.6) is 0 Å². The van der Waals surface area contributed by atoms with Crippen molar-refractivity contribution in [1.29, 1.82) is 0 Å². The number of aromatic nitrogens is 6. The van der Waals surface area contributed by atoms with Crippen LogP contribution in [0.1, 0.15) is 0 Å². The van der Waals surface area contributed by atoms with Gasteiger partial charge < -0.3 is 25.3 Å². The van der Waals surface area contributed by atoms with E-state index in [1.54, 1.807) is 0 Å². The first-order valence-electron chi connectivity index (χ1n) is 2.84. The predicted octanol–water partition coefficient (Wildman–Crippen LogP) is -6.57. The summed E-state index contributed by atoms with van der Waals surface area (Å²) in [6, 6.07) is 0. The van der Waals surface area contributed by atoms with E-state index in [1.165, 1.54) is 12.4 Å². The van der Waals surface area contributed by atoms with Crippen LogP contribution in [-0.2, 0) is 25.3 Å². The van der Waals surface area contributed by atoms with Gasteiger partial charge >= 0.3 is 59.1 Å². The fraction of sp³-hybridized carbons (Fsp3) is 0. The molecular formula is C4H4N6Na2S2. The van der Waals surface area contributed by atoms with Crippen molar-refractivity contribution in [1.82, 2.24) is 30.8 Å². The molecule has 2 N–H and O–H groups in total. The zero-order valence-corrected chi connectivity index (χ0v) is 13.4. The summed E-state index contributed by atoms with van der Waals surface area (Å²) >= 11 is 9.08. The fourth-order valence-corrected chi connectivity index (χ4v) is 0.569. The summed E-state index contributed by atoms with van der Waals surface area (Å²) in [6.45, 7) is 0. The van der Waals surface area contributed by atoms with E-state index in [4.69, 9.17) is 0 Å². The molecular weight excluding hydrogens is 242 g/mol. The molecule has 14 heavy (non-hydrogen) atoms. The molecule has 2 heterocycles. The third-order valence-electron chi connectivity index (χ3n) is 0.786. The Labute approximate surface area is 136 Å². The number of hydrogen-bond acceptors (Lipinski definition) is 6. The van der Waals surface area contributed by atoms with Gasteiger partial charge in [0.25, 0.3) is 0 Å². The van der Waals surface area contributed by atoms with Gasteiger partial charge in [0.2, 0.25) is 0 Å². The van der Waals surface area contributed by atoms with E-state index in [2.05, 4.69) is 56.1 Å². The molecule has 0 spiro atoms. The minimum Gasteiger partial charge on any atom is -0.757 e. The van der Waals surface area contributed by atoms with Crippen LogP contribution in [0.15, 0.2) is 22.4 Å². The first-order chi connectivity index (χ1) is 5.79. The maximum Gasteiger partial charge on any atom is 1.00 e. The molecule has 2 rings (SSSR count). The average molecular weight is 246 g/mol. The molecule has 64 valence electrons. The van der Waals surface area contributed by atoms with Gasteiger partial charge in [-0.15, -0.1) is 0 Å². The molecule has 0 aliphatic rings. The Kier molecular flexibility index (Phi) is 12.5. The summed E-state index contributed by atoms with van der Waals surface area (Å²) in [6.07, 6.45) is 2.96. The van der Waals surface area contributed by atoms with Gasteiger partial charge in [0.05, 0.1) is 0 Å². The van der Waals surface area contributed by atoms with Gasteiger partial charge in [-0.3, -0.25) is 0 Å². The smallest absolute Gasteiger partial charge is 0.757 e. The standard InChI is InChI=1S/2C2H3N3S.2Na/c2*6-2-1-3-5-4-2;;/h2*1H,(H2,3,4,5,6);;/q;;2*+1/p-2. The molecule has 2 aromatic heterocycles. The van der Waals surface area contributed by atoms with Gasteiger partial charge in [-0.2, -0.15) is 30.8 Å². The summed E-state index contributed by atoms with van der Waals surface area (Å²) < 4.78 is 0. The topological polar surface area (TPSA) is 83.1 Å². The Morgan fingerprint density at radius 3 is 1.29 bits per heavy atom. The predicted molar refractivity (Wildman–Crippen MR) is 44.0 cm³/mol. The second-order valence-electron chi connectivity index (χ2n) is 1.62. The van der Waals surface area contributed by atoms with Crippen LogP contribution >= 0.6 is 0 Å². The van der Waals surface area contributed by atoms with Gasteiger partial charge in [-0.25, -0.2) is 0 Å². The Bertz CT molecular complexity index is 265. The number of H-pyrrole nitrogens is 2. The quantitative estimate of drug-likeness (QED) is 0.355. The number of aromatic amines is 2. The van der Waals surface area contributed by atoms with Crippen molar-refractivity contribution in [2.45, 2.75) is 10.1 Å². The molecule has 0 unspecified atom stereocenters. The van der Waals surface area contributed by atoms with E-state index in [0.29, 0.717) is 10.1 Å². The maximum atomic E-state index is 4.54. The molecule has 0 amide bonds. The van der Waals surface area contributed by atoms with E-state index < -0.39 is 0 Å². The van der Waals surface area contributed by atoms with Crippen LogP contribution in [0, 0.1) is 0 Å². The monoisotopic (exact) mass is 246 g/mol. The number of nitrogens with one attached hydrogen (secondary N) is 2. The summed E-state index contributed by atoms with van der Waals surface area (Å²) in [5.41, 5.74) is 0. The van der Waals surface area contributed by atoms with Crippen molar-refractivity contribution in [2.75, 3.05) is 0 Å². The molecule has 2 aromatic rings. The van der Waals surface area contributed by atoms with Crippen LogP contribution < -0.4 is 59.1 Å². The summed E-state index contributed by atoms with van der Waals surface area (Å²) in [5, 5.41) is 19.6. The normalized spacial score (nSPS) is 7.43. The number of rotatable bonds is 0. The zero-order valence-electron chi connectivity index (χ0n) is 7.76. The SMILES string of the molecule is [Na+].[Na+].[S-]c1cn[nH]n1.[S-]c1cn[nH]n1. The van der Waals surface area contributed by atoms with Crippen molar-refractivity contribution < 1.29 is 59.1 Å². The molecule has 0 atom stereocenters. The Hall–Kier alpha value is 0.720. The van der Waals surface area contributed by atoms with Gasteiger partial charge in [-0.05, 0) is 10.1 Å². The molecule has 10 heteroatoms. The first kappa shape index (κ1) is 17.1. The van der Waals surface area contributed by atoms with E-state index in [9.17, 15) is 0 Å². The van der Waals surface area contributed by atoms with Crippen LogP contribution in [0.3, 0.4) is 0 Å². The van der Waals surface area contributed by atoms with Gasteiger partial charge in [0.15, 0.2) is 0 Å². The van der Waals surface area contributed by atoms with Gasteiger partial charge in [0, 0.05) is 12.4 Å². The van der Waals surface area contributed by atoms with Gasteiger partial charge in [-0.1, -0.05) is 0 Å². The minimum atomic E-state index is 0. The Balaban J connectivity index is 0. The number of hydrogen-bond donors (Lipinski definition) is 2. The second-order valence-corrected chi connectivity index (χ2v) is 2.45. The van der Waals surface area contributed by atoms with Crippen molar-refractivity contribution in [2.24, 2.45) is 0 Å². The third-order valence-corrected chi connectivity index (χ3v) is 1.18. The van der Waals surface area contributed by atoms with E-state index >= 15 is 0 Å². The van der Waals surface area contributed by atoms with Crippen molar-refractivity contribution in [3.05, 3.63) is 12.4 Å². The average Bonchev–Trinajstić information content (AvgIpc) is 2.63. The molecule has 0 radical (unpaired) electrons. The van der Waals surface area contributed by atoms with Gasteiger partial charge in [0.1, 0.15) is 0 Å². The molecule has 0 saturated carbocycles. The zero-order chi connectivity index (χ0) is 8.81. The van der Waals surface area contributed by atoms with Crippen LogP contribution in [0.25, 0.3) is 0 Å². The molecule has 0 bridgehead atoms. The van der Waals surface area contributed by atoms with Crippen molar-refractivity contribution >= 4 is 25.3 Å².